The minimum Gasteiger partial charge on any atom is -0.469 e. The van der Waals surface area contributed by atoms with Crippen molar-refractivity contribution in [3.63, 3.8) is 0 Å². The number of aromatic nitrogens is 1. The molecule has 0 bridgehead atoms. The summed E-state index contributed by atoms with van der Waals surface area (Å²) in [7, 11) is 5.66. The highest BCUT2D eigenvalue weighted by atomic mass is 16.5. The molecule has 0 aromatic carbocycles. The zero-order valence-corrected chi connectivity index (χ0v) is 16.7. The molecule has 1 saturated carbocycles. The van der Waals surface area contributed by atoms with Gasteiger partial charge in [0.05, 0.1) is 18.3 Å². The highest BCUT2D eigenvalue weighted by Gasteiger charge is 2.50. The van der Waals surface area contributed by atoms with Crippen molar-refractivity contribution in [1.82, 2.24) is 14.8 Å². The smallest absolute Gasteiger partial charge is 0.305 e. The van der Waals surface area contributed by atoms with Gasteiger partial charge >= 0.3 is 5.97 Å². The number of likely N-dealkylation sites (tertiary alicyclic amines) is 1. The monoisotopic (exact) mass is 373 g/mol. The largest absolute Gasteiger partial charge is 0.469 e. The fourth-order valence-corrected chi connectivity index (χ4v) is 4.80. The number of hydrogen-bond donors (Lipinski definition) is 0. The second kappa shape index (κ2) is 7.97. The summed E-state index contributed by atoms with van der Waals surface area (Å²) in [5.74, 6) is 0.0233. The van der Waals surface area contributed by atoms with Gasteiger partial charge in [0.15, 0.2) is 0 Å². The van der Waals surface area contributed by atoms with Crippen molar-refractivity contribution < 1.29 is 14.3 Å². The molecule has 148 valence electrons. The van der Waals surface area contributed by atoms with Crippen molar-refractivity contribution in [3.8, 4) is 0 Å². The highest BCUT2D eigenvalue weighted by Crippen LogP contribution is 2.51. The van der Waals surface area contributed by atoms with Crippen molar-refractivity contribution in [2.75, 3.05) is 34.3 Å². The van der Waals surface area contributed by atoms with Crippen LogP contribution in [0.5, 0.6) is 0 Å². The molecule has 2 heterocycles. The number of carbonyl (C=O) groups excluding carboxylic acids is 2. The third kappa shape index (κ3) is 4.00. The Kier molecular flexibility index (Phi) is 5.84. The third-order valence-corrected chi connectivity index (χ3v) is 6.58. The fraction of sp³-hybridized carbons (Fsp3) is 0.667. The van der Waals surface area contributed by atoms with E-state index >= 15 is 0 Å². The number of nitrogens with zero attached hydrogens (tertiary/aromatic N) is 3. The topological polar surface area (TPSA) is 62.7 Å². The summed E-state index contributed by atoms with van der Waals surface area (Å²) >= 11 is 0. The first-order valence-corrected chi connectivity index (χ1v) is 9.84. The number of methoxy groups -OCH3 is 1. The standard InChI is InChI=1S/C21H31N3O3/c1-23(2)21(17-7-4-5-13-22-17)11-9-20(10-12-21)15-18(25)24(16-20)14-6-8-19(26)27-3/h4-5,7,13H,6,8-12,14-16H2,1-3H3/t20-,21+. The van der Waals surface area contributed by atoms with Crippen molar-refractivity contribution >= 4 is 11.9 Å². The van der Waals surface area contributed by atoms with Crippen molar-refractivity contribution in [2.45, 2.75) is 50.5 Å². The molecule has 0 radical (unpaired) electrons. The van der Waals surface area contributed by atoms with Gasteiger partial charge in [0.25, 0.3) is 0 Å². The SMILES string of the molecule is COC(=O)CCCN1C[C@]2(CC[C@@](c3ccccn3)(N(C)C)CC2)CC1=O. The van der Waals surface area contributed by atoms with Crippen LogP contribution in [-0.2, 0) is 19.9 Å². The molecule has 2 fully saturated rings. The lowest BCUT2D eigenvalue weighted by molar-refractivity contribution is -0.141. The van der Waals surface area contributed by atoms with Gasteiger partial charge in [-0.2, -0.15) is 0 Å². The predicted molar refractivity (Wildman–Crippen MR) is 103 cm³/mol. The van der Waals surface area contributed by atoms with Gasteiger partial charge in [0.1, 0.15) is 0 Å². The maximum atomic E-state index is 12.5. The lowest BCUT2D eigenvalue weighted by atomic mass is 9.65. The molecule has 6 heteroatoms. The van der Waals surface area contributed by atoms with Gasteiger partial charge in [-0.25, -0.2) is 0 Å². The number of amides is 1. The van der Waals surface area contributed by atoms with Gasteiger partial charge in [0, 0.05) is 32.1 Å². The Morgan fingerprint density at radius 1 is 1.26 bits per heavy atom. The van der Waals surface area contributed by atoms with Crippen LogP contribution in [0.15, 0.2) is 24.4 Å². The van der Waals surface area contributed by atoms with Crippen LogP contribution < -0.4 is 0 Å². The average Bonchev–Trinajstić information content (AvgIpc) is 2.98. The summed E-state index contributed by atoms with van der Waals surface area (Å²) in [6.07, 6.45) is 7.63. The summed E-state index contributed by atoms with van der Waals surface area (Å²) in [4.78, 5) is 32.7. The molecule has 6 nitrogen and oxygen atoms in total. The van der Waals surface area contributed by atoms with Crippen molar-refractivity contribution in [3.05, 3.63) is 30.1 Å². The van der Waals surface area contributed by atoms with Crippen LogP contribution >= 0.6 is 0 Å². The summed E-state index contributed by atoms with van der Waals surface area (Å²) in [6, 6.07) is 6.13. The molecule has 0 N–H and O–H groups in total. The normalized spacial score (nSPS) is 28.1. The number of ether oxygens (including phenoxy) is 1. The minimum absolute atomic E-state index is 0.0478. The van der Waals surface area contributed by atoms with Gasteiger partial charge in [-0.3, -0.25) is 19.5 Å². The average molecular weight is 373 g/mol. The van der Waals surface area contributed by atoms with E-state index in [1.165, 1.54) is 7.11 Å². The zero-order chi connectivity index (χ0) is 19.5. The molecule has 1 amide bonds. The Morgan fingerprint density at radius 3 is 2.59 bits per heavy atom. The number of hydrogen-bond acceptors (Lipinski definition) is 5. The molecule has 0 atom stereocenters. The molecular weight excluding hydrogens is 342 g/mol. The second-order valence-corrected chi connectivity index (χ2v) is 8.31. The number of pyridine rings is 1. The quantitative estimate of drug-likeness (QED) is 0.717. The van der Waals surface area contributed by atoms with E-state index in [1.54, 1.807) is 0 Å². The molecule has 27 heavy (non-hydrogen) atoms. The maximum Gasteiger partial charge on any atom is 0.305 e. The van der Waals surface area contributed by atoms with E-state index in [0.29, 0.717) is 25.8 Å². The number of carbonyl (C=O) groups is 2. The van der Waals surface area contributed by atoms with Crippen LogP contribution in [0.1, 0.15) is 50.6 Å². The van der Waals surface area contributed by atoms with E-state index in [9.17, 15) is 9.59 Å². The predicted octanol–water partition coefficient (Wildman–Crippen LogP) is 2.58. The van der Waals surface area contributed by atoms with Gasteiger partial charge in [-0.1, -0.05) is 6.07 Å². The third-order valence-electron chi connectivity index (χ3n) is 6.58. The Bertz CT molecular complexity index is 667. The zero-order valence-electron chi connectivity index (χ0n) is 16.7. The first kappa shape index (κ1) is 19.8. The molecule has 1 saturated heterocycles. The molecule has 1 spiro atoms. The molecule has 1 aliphatic heterocycles. The summed E-state index contributed by atoms with van der Waals surface area (Å²) < 4.78 is 4.69. The van der Waals surface area contributed by atoms with E-state index in [1.807, 2.05) is 17.2 Å². The van der Waals surface area contributed by atoms with E-state index in [2.05, 4.69) is 40.8 Å². The van der Waals surface area contributed by atoms with Gasteiger partial charge in [-0.15, -0.1) is 0 Å². The summed E-state index contributed by atoms with van der Waals surface area (Å²) in [5, 5.41) is 0. The first-order valence-electron chi connectivity index (χ1n) is 9.84. The fourth-order valence-electron chi connectivity index (χ4n) is 4.80. The Hall–Kier alpha value is -1.95. The van der Waals surface area contributed by atoms with Crippen molar-refractivity contribution in [2.24, 2.45) is 5.41 Å². The van der Waals surface area contributed by atoms with Gasteiger partial charge in [-0.05, 0) is 63.7 Å². The summed E-state index contributed by atoms with van der Waals surface area (Å²) in [6.45, 7) is 1.47. The minimum atomic E-state index is -0.208. The molecule has 1 aliphatic carbocycles. The van der Waals surface area contributed by atoms with Crippen LogP contribution in [0.25, 0.3) is 0 Å². The lowest BCUT2D eigenvalue weighted by Crippen LogP contribution is -2.48. The summed E-state index contributed by atoms with van der Waals surface area (Å²) in [5.41, 5.74) is 1.16. The van der Waals surface area contributed by atoms with Gasteiger partial charge in [0.2, 0.25) is 5.91 Å². The van der Waals surface area contributed by atoms with Gasteiger partial charge < -0.3 is 9.64 Å². The Morgan fingerprint density at radius 2 is 2.00 bits per heavy atom. The van der Waals surface area contributed by atoms with E-state index in [-0.39, 0.29) is 22.8 Å². The van der Waals surface area contributed by atoms with Crippen LogP contribution in [-0.4, -0.2) is 61.0 Å². The first-order chi connectivity index (χ1) is 12.9. The van der Waals surface area contributed by atoms with Crippen LogP contribution in [0.2, 0.25) is 0 Å². The molecular formula is C21H31N3O3. The molecule has 0 unspecified atom stereocenters. The number of rotatable bonds is 6. The van der Waals surface area contributed by atoms with E-state index < -0.39 is 0 Å². The van der Waals surface area contributed by atoms with Crippen molar-refractivity contribution in [1.29, 1.82) is 0 Å². The number of esters is 1. The Labute approximate surface area is 161 Å². The maximum absolute atomic E-state index is 12.5. The second-order valence-electron chi connectivity index (χ2n) is 8.31. The van der Waals surface area contributed by atoms with Crippen LogP contribution in [0.3, 0.4) is 0 Å². The molecule has 3 rings (SSSR count). The van der Waals surface area contributed by atoms with Crippen LogP contribution in [0, 0.1) is 5.41 Å². The molecule has 1 aromatic heterocycles. The highest BCUT2D eigenvalue weighted by molar-refractivity contribution is 5.79. The lowest BCUT2D eigenvalue weighted by Gasteiger charge is -2.48. The van der Waals surface area contributed by atoms with Crippen LogP contribution in [0.4, 0.5) is 0 Å². The molecule has 1 aromatic rings. The molecule has 2 aliphatic rings. The van der Waals surface area contributed by atoms with E-state index in [4.69, 9.17) is 0 Å². The Balaban J connectivity index is 1.64. The van der Waals surface area contributed by atoms with E-state index in [0.717, 1.165) is 37.9 Å².